The molecule has 0 saturated carbocycles. The zero-order chi connectivity index (χ0) is 13.9. The lowest BCUT2D eigenvalue weighted by Gasteiger charge is -2.07. The van der Waals surface area contributed by atoms with Crippen molar-refractivity contribution < 1.29 is 8.42 Å². The third kappa shape index (κ3) is 3.02. The van der Waals surface area contributed by atoms with Crippen LogP contribution in [0, 0.1) is 0 Å². The van der Waals surface area contributed by atoms with Gasteiger partial charge in [-0.25, -0.2) is 13.4 Å². The van der Waals surface area contributed by atoms with Gasteiger partial charge in [0.05, 0.1) is 16.8 Å². The van der Waals surface area contributed by atoms with Crippen molar-refractivity contribution in [1.82, 2.24) is 14.8 Å². The van der Waals surface area contributed by atoms with Crippen molar-refractivity contribution in [1.29, 1.82) is 0 Å². The molecule has 2 rings (SSSR count). The molecule has 2 aromatic rings. The van der Waals surface area contributed by atoms with Crippen molar-refractivity contribution >= 4 is 21.5 Å². The van der Waals surface area contributed by atoms with Crippen LogP contribution in [0.4, 0.5) is 11.5 Å². The second-order valence-corrected chi connectivity index (χ2v) is 5.50. The van der Waals surface area contributed by atoms with E-state index in [1.165, 1.54) is 24.5 Å². The van der Waals surface area contributed by atoms with Crippen molar-refractivity contribution in [2.75, 3.05) is 17.1 Å². The summed E-state index contributed by atoms with van der Waals surface area (Å²) in [5, 5.41) is 6.81. The summed E-state index contributed by atoms with van der Waals surface area (Å²) < 4.78 is 28.4. The number of nitrogens with zero attached hydrogens (tertiary/aromatic N) is 3. The molecule has 0 unspecified atom stereocenters. The molecule has 0 radical (unpaired) electrons. The maximum atomic E-state index is 12.2. The monoisotopic (exact) mass is 281 g/mol. The molecule has 7 nitrogen and oxygen atoms in total. The van der Waals surface area contributed by atoms with Crippen molar-refractivity contribution in [2.24, 2.45) is 0 Å². The Balaban J connectivity index is 2.26. The third-order valence-electron chi connectivity index (χ3n) is 2.51. The average Bonchev–Trinajstić information content (AvgIpc) is 2.85. The van der Waals surface area contributed by atoms with Gasteiger partial charge in [0.1, 0.15) is 5.82 Å². The molecule has 19 heavy (non-hydrogen) atoms. The van der Waals surface area contributed by atoms with Gasteiger partial charge in [0.25, 0.3) is 10.0 Å². The zero-order valence-electron chi connectivity index (χ0n) is 10.7. The normalized spacial score (nSPS) is 11.3. The minimum Gasteiger partial charge on any atom is -0.373 e. The van der Waals surface area contributed by atoms with Crippen LogP contribution in [0.2, 0.25) is 0 Å². The fraction of sp³-hybridized carbons (Fsp3) is 0.273. The van der Waals surface area contributed by atoms with Gasteiger partial charge in [-0.1, -0.05) is 0 Å². The number of aromatic nitrogens is 3. The van der Waals surface area contributed by atoms with E-state index in [1.54, 1.807) is 17.9 Å². The van der Waals surface area contributed by atoms with E-state index >= 15 is 0 Å². The summed E-state index contributed by atoms with van der Waals surface area (Å²) >= 11 is 0. The quantitative estimate of drug-likeness (QED) is 0.858. The van der Waals surface area contributed by atoms with Crippen molar-refractivity contribution in [2.45, 2.75) is 18.4 Å². The van der Waals surface area contributed by atoms with Gasteiger partial charge in [0, 0.05) is 32.1 Å². The van der Waals surface area contributed by atoms with Gasteiger partial charge in [-0.3, -0.25) is 9.40 Å². The molecule has 0 aromatic carbocycles. The van der Waals surface area contributed by atoms with E-state index in [-0.39, 0.29) is 4.90 Å². The van der Waals surface area contributed by atoms with Crippen LogP contribution in [-0.4, -0.2) is 30.2 Å². The molecule has 2 aromatic heterocycles. The maximum absolute atomic E-state index is 12.2. The van der Waals surface area contributed by atoms with Crippen LogP contribution in [0.1, 0.15) is 6.92 Å². The highest BCUT2D eigenvalue weighted by atomic mass is 32.2. The molecule has 0 fully saturated rings. The Bertz CT molecular complexity index is 665. The molecule has 8 heteroatoms. The summed E-state index contributed by atoms with van der Waals surface area (Å²) in [5.41, 5.74) is 0.435. The first-order valence-electron chi connectivity index (χ1n) is 5.74. The van der Waals surface area contributed by atoms with Crippen LogP contribution in [0.3, 0.4) is 0 Å². The zero-order valence-corrected chi connectivity index (χ0v) is 11.5. The van der Waals surface area contributed by atoms with E-state index in [0.29, 0.717) is 18.1 Å². The molecule has 0 amide bonds. The molecule has 2 N–H and O–H groups in total. The highest BCUT2D eigenvalue weighted by molar-refractivity contribution is 7.92. The van der Waals surface area contributed by atoms with Crippen LogP contribution in [0.5, 0.6) is 0 Å². The van der Waals surface area contributed by atoms with E-state index in [0.717, 1.165) is 0 Å². The summed E-state index contributed by atoms with van der Waals surface area (Å²) in [6.07, 6.45) is 4.55. The van der Waals surface area contributed by atoms with Crippen LogP contribution in [0.25, 0.3) is 0 Å². The molecule has 0 saturated heterocycles. The predicted molar refractivity (Wildman–Crippen MR) is 72.5 cm³/mol. The Morgan fingerprint density at radius 1 is 1.42 bits per heavy atom. The van der Waals surface area contributed by atoms with Gasteiger partial charge in [-0.05, 0) is 13.0 Å². The van der Waals surface area contributed by atoms with E-state index < -0.39 is 10.0 Å². The van der Waals surface area contributed by atoms with E-state index in [9.17, 15) is 8.42 Å². The summed E-state index contributed by atoms with van der Waals surface area (Å²) in [6, 6.07) is 2.90. The SMILES string of the molecule is CCn1cc(NS(=O)(=O)c2ccnc(NC)c2)cn1. The first-order chi connectivity index (χ1) is 9.05. The molecule has 0 aliphatic rings. The number of hydrogen-bond donors (Lipinski definition) is 2. The molecule has 0 spiro atoms. The van der Waals surface area contributed by atoms with Crippen molar-refractivity contribution in [3.05, 3.63) is 30.7 Å². The summed E-state index contributed by atoms with van der Waals surface area (Å²) in [7, 11) is -1.95. The first-order valence-corrected chi connectivity index (χ1v) is 7.22. The maximum Gasteiger partial charge on any atom is 0.262 e. The predicted octanol–water partition coefficient (Wildman–Crippen LogP) is 1.14. The standard InChI is InChI=1S/C11H15N5O2S/c1-3-16-8-9(7-14-16)15-19(17,18)10-4-5-13-11(6-10)12-2/h4-8,15H,3H2,1-2H3,(H,12,13). The minimum atomic E-state index is -3.62. The Morgan fingerprint density at radius 3 is 2.84 bits per heavy atom. The number of nitrogens with one attached hydrogen (secondary N) is 2. The molecule has 0 aliphatic carbocycles. The molecule has 0 atom stereocenters. The van der Waals surface area contributed by atoms with E-state index in [1.807, 2.05) is 6.92 Å². The lowest BCUT2D eigenvalue weighted by Crippen LogP contribution is -2.13. The van der Waals surface area contributed by atoms with Gasteiger partial charge in [-0.2, -0.15) is 5.10 Å². The van der Waals surface area contributed by atoms with Crippen LogP contribution < -0.4 is 10.0 Å². The number of pyridine rings is 1. The number of anilines is 2. The molecule has 102 valence electrons. The molecule has 0 bridgehead atoms. The summed E-state index contributed by atoms with van der Waals surface area (Å²) in [6.45, 7) is 2.61. The lowest BCUT2D eigenvalue weighted by atomic mass is 10.5. The molecule has 0 aliphatic heterocycles. The van der Waals surface area contributed by atoms with Crippen LogP contribution in [-0.2, 0) is 16.6 Å². The Kier molecular flexibility index (Phi) is 3.70. The first kappa shape index (κ1) is 13.3. The van der Waals surface area contributed by atoms with E-state index in [4.69, 9.17) is 0 Å². The van der Waals surface area contributed by atoms with Crippen molar-refractivity contribution in [3.63, 3.8) is 0 Å². The second-order valence-electron chi connectivity index (χ2n) is 3.82. The van der Waals surface area contributed by atoms with Gasteiger partial charge in [0.15, 0.2) is 0 Å². The highest BCUT2D eigenvalue weighted by Crippen LogP contribution is 2.17. The lowest BCUT2D eigenvalue weighted by molar-refractivity contribution is 0.601. The Labute approximate surface area is 111 Å². The molecular weight excluding hydrogens is 266 g/mol. The average molecular weight is 281 g/mol. The smallest absolute Gasteiger partial charge is 0.262 e. The largest absolute Gasteiger partial charge is 0.373 e. The summed E-state index contributed by atoms with van der Waals surface area (Å²) in [5.74, 6) is 0.493. The van der Waals surface area contributed by atoms with Gasteiger partial charge >= 0.3 is 0 Å². The van der Waals surface area contributed by atoms with Crippen LogP contribution in [0.15, 0.2) is 35.6 Å². The minimum absolute atomic E-state index is 0.149. The van der Waals surface area contributed by atoms with Gasteiger partial charge < -0.3 is 5.32 Å². The number of sulfonamides is 1. The fourth-order valence-electron chi connectivity index (χ4n) is 1.52. The van der Waals surface area contributed by atoms with Gasteiger partial charge in [0.2, 0.25) is 0 Å². The third-order valence-corrected chi connectivity index (χ3v) is 3.89. The molecular formula is C11H15N5O2S. The summed E-state index contributed by atoms with van der Waals surface area (Å²) in [4.78, 5) is 4.13. The second kappa shape index (κ2) is 5.27. The highest BCUT2D eigenvalue weighted by Gasteiger charge is 2.15. The number of rotatable bonds is 5. The van der Waals surface area contributed by atoms with Crippen molar-refractivity contribution in [3.8, 4) is 0 Å². The van der Waals surface area contributed by atoms with E-state index in [2.05, 4.69) is 20.1 Å². The number of aryl methyl sites for hydroxylation is 1. The molecule has 2 heterocycles. The Morgan fingerprint density at radius 2 is 2.21 bits per heavy atom. The Hall–Kier alpha value is -2.09. The van der Waals surface area contributed by atoms with Gasteiger partial charge in [-0.15, -0.1) is 0 Å². The topological polar surface area (TPSA) is 88.9 Å². The number of hydrogen-bond acceptors (Lipinski definition) is 5. The fourth-order valence-corrected chi connectivity index (χ4v) is 2.56. The van der Waals surface area contributed by atoms with Crippen LogP contribution >= 0.6 is 0 Å².